The van der Waals surface area contributed by atoms with Crippen LogP contribution >= 0.6 is 0 Å². The topological polar surface area (TPSA) is 74.6 Å². The Hall–Kier alpha value is 0.870. The van der Waals surface area contributed by atoms with Crippen LogP contribution in [0.3, 0.4) is 0 Å². The predicted molar refractivity (Wildman–Crippen MR) is 95.0 cm³/mol. The van der Waals surface area contributed by atoms with Crippen molar-refractivity contribution in [2.75, 3.05) is 0 Å². The van der Waals surface area contributed by atoms with Gasteiger partial charge in [0.25, 0.3) is 0 Å². The molecule has 0 fully saturated rings. The molecule has 0 saturated carbocycles. The van der Waals surface area contributed by atoms with E-state index in [0.29, 0.717) is 0 Å². The van der Waals surface area contributed by atoms with Crippen molar-refractivity contribution in [3.05, 3.63) is 0 Å². The van der Waals surface area contributed by atoms with Gasteiger partial charge in [0.1, 0.15) is 0 Å². The summed E-state index contributed by atoms with van der Waals surface area (Å²) in [6.07, 6.45) is 17.7. The standard InChI is InChI=1S/C16H33.Na.H2O4S/c1-4-5-6-7-8-9-10-11-12-13-14-15-16(2)3;;1-5(2,3)4/h16H,2,4-15H2,1,3H3;;(H2,1,2,3,4). The molecule has 0 aromatic carbocycles. The van der Waals surface area contributed by atoms with E-state index >= 15 is 0 Å². The molecule has 22 heavy (non-hydrogen) atoms. The summed E-state index contributed by atoms with van der Waals surface area (Å²) in [7, 11) is -4.67. The normalized spacial score (nSPS) is 12.6. The van der Waals surface area contributed by atoms with Crippen molar-refractivity contribution >= 4 is 38.3 Å². The first kappa shape index (κ1) is 25.1. The molecule has 6 heteroatoms. The first-order valence-electron chi connectivity index (χ1n) is 9.01. The minimum atomic E-state index is -4.67. The van der Waals surface area contributed by atoms with Crippen LogP contribution in [-0.2, 0) is 10.4 Å². The van der Waals surface area contributed by atoms with E-state index in [1.54, 1.807) is 0 Å². The second kappa shape index (κ2) is 18.2. The van der Waals surface area contributed by atoms with Gasteiger partial charge in [0.15, 0.2) is 0 Å². The number of unbranched alkanes of at least 4 members (excludes halogenated alkanes) is 10. The molecule has 2 N–H and O–H groups in total. The Bertz CT molecular complexity index is 299. The maximum absolute atomic E-state index is 8.74. The average Bonchev–Trinajstić information content (AvgIpc) is 2.42. The van der Waals surface area contributed by atoms with Gasteiger partial charge in [-0.3, -0.25) is 9.11 Å². The Morgan fingerprint density at radius 2 is 1.14 bits per heavy atom. The minimum Gasteiger partial charge on any atom is -0.264 e. The number of hydrogen-bond acceptors (Lipinski definition) is 2. The van der Waals surface area contributed by atoms with Crippen molar-refractivity contribution in [3.8, 4) is 0 Å². The number of hydrogen-bond donors (Lipinski definition) is 2. The van der Waals surface area contributed by atoms with Crippen molar-refractivity contribution in [1.29, 1.82) is 0 Å². The molecular weight excluding hydrogens is 311 g/mol. The van der Waals surface area contributed by atoms with Gasteiger partial charge in [-0.25, -0.2) is 0 Å². The molecule has 0 spiro atoms. The predicted octanol–water partition coefficient (Wildman–Crippen LogP) is 5.26. The fraction of sp³-hybridized carbons (Fsp3) is 1.00. The fourth-order valence-electron chi connectivity index (χ4n) is 2.36. The molecule has 0 saturated heterocycles. The summed E-state index contributed by atoms with van der Waals surface area (Å²) in [6, 6.07) is 0. The molecule has 0 aromatic heterocycles. The van der Waals surface area contributed by atoms with Crippen LogP contribution < -0.4 is 0 Å². The summed E-state index contributed by atoms with van der Waals surface area (Å²) in [4.78, 5) is 0. The van der Waals surface area contributed by atoms with Crippen LogP contribution in [0.15, 0.2) is 0 Å². The smallest absolute Gasteiger partial charge is 0.264 e. The van der Waals surface area contributed by atoms with Crippen molar-refractivity contribution in [2.45, 2.75) is 94.6 Å². The molecule has 0 aliphatic rings. The Morgan fingerprint density at radius 1 is 0.818 bits per heavy atom. The van der Waals surface area contributed by atoms with Gasteiger partial charge in [-0.15, -0.1) is 0 Å². The van der Waals surface area contributed by atoms with Crippen LogP contribution in [0, 0.1) is 5.92 Å². The third-order valence-corrected chi connectivity index (χ3v) is 5.39. The molecule has 130 valence electrons. The molecule has 0 aliphatic carbocycles. The molecular formula is C16H35NaO4S. The van der Waals surface area contributed by atoms with Crippen LogP contribution in [0.1, 0.15) is 90.9 Å². The van der Waals surface area contributed by atoms with Gasteiger partial charge in [0.2, 0.25) is 0 Å². The Labute approximate surface area is 155 Å². The van der Waals surface area contributed by atoms with Crippen LogP contribution in [-0.4, -0.2) is 45.5 Å². The van der Waals surface area contributed by atoms with E-state index in [1.807, 2.05) is 0 Å². The summed E-state index contributed by atoms with van der Waals surface area (Å²) < 4.78 is 33.1. The van der Waals surface area contributed by atoms with Crippen molar-refractivity contribution in [3.63, 3.8) is 0 Å². The zero-order chi connectivity index (χ0) is 17.3. The van der Waals surface area contributed by atoms with Crippen molar-refractivity contribution in [2.24, 2.45) is 5.92 Å². The quantitative estimate of drug-likeness (QED) is 0.271. The maximum Gasteiger partial charge on any atom is 0.394 e. The largest absolute Gasteiger partial charge is 0.394 e. The van der Waals surface area contributed by atoms with Gasteiger partial charge in [0, 0.05) is 0 Å². The van der Waals surface area contributed by atoms with Crippen LogP contribution in [0.4, 0.5) is 0 Å². The van der Waals surface area contributed by atoms with E-state index in [2.05, 4.69) is 13.8 Å². The SMILES string of the molecule is CCCCCCCCCCCCCC(C)[CH2][Na].O=S(=O)(O)O. The van der Waals surface area contributed by atoms with E-state index < -0.39 is 10.4 Å². The zero-order valence-electron chi connectivity index (χ0n) is 14.9. The molecule has 1 unspecified atom stereocenters. The Morgan fingerprint density at radius 3 is 1.45 bits per heavy atom. The average molecular weight is 347 g/mol. The van der Waals surface area contributed by atoms with Gasteiger partial charge >= 0.3 is 119 Å². The Balaban J connectivity index is 0. The molecule has 0 aliphatic heterocycles. The third-order valence-electron chi connectivity index (χ3n) is 4.00. The van der Waals surface area contributed by atoms with Crippen LogP contribution in [0.5, 0.6) is 0 Å². The molecule has 4 nitrogen and oxygen atoms in total. The summed E-state index contributed by atoms with van der Waals surface area (Å²) in [6.45, 7) is 4.71. The van der Waals surface area contributed by atoms with E-state index in [9.17, 15) is 0 Å². The maximum atomic E-state index is 8.74. The van der Waals surface area contributed by atoms with Crippen LogP contribution in [0.2, 0.25) is 3.67 Å². The molecule has 0 amide bonds. The molecule has 0 aromatic rings. The third kappa shape index (κ3) is 32.7. The second-order valence-electron chi connectivity index (χ2n) is 6.29. The monoisotopic (exact) mass is 346 g/mol. The second-order valence-corrected chi connectivity index (χ2v) is 8.00. The first-order chi connectivity index (χ1) is 10.3. The minimum absolute atomic E-state index is 1.01. The first-order valence-corrected chi connectivity index (χ1v) is 11.8. The molecule has 0 radical (unpaired) electrons. The summed E-state index contributed by atoms with van der Waals surface area (Å²) in [5, 5.41) is 0. The van der Waals surface area contributed by atoms with Crippen LogP contribution in [0.25, 0.3) is 0 Å². The molecule has 0 bridgehead atoms. The van der Waals surface area contributed by atoms with Gasteiger partial charge in [-0.2, -0.15) is 8.42 Å². The van der Waals surface area contributed by atoms with Crippen molar-refractivity contribution < 1.29 is 17.5 Å². The Kier molecular flexibility index (Phi) is 20.8. The summed E-state index contributed by atoms with van der Waals surface area (Å²) >= 11 is 1.39. The molecule has 0 heterocycles. The van der Waals surface area contributed by atoms with E-state index in [1.165, 1.54) is 109 Å². The van der Waals surface area contributed by atoms with Gasteiger partial charge in [-0.1, -0.05) is 19.8 Å². The summed E-state index contributed by atoms with van der Waals surface area (Å²) in [5.41, 5.74) is 0. The fourth-order valence-corrected chi connectivity index (χ4v) is 2.77. The van der Waals surface area contributed by atoms with E-state index in [4.69, 9.17) is 17.5 Å². The van der Waals surface area contributed by atoms with Gasteiger partial charge < -0.3 is 0 Å². The van der Waals surface area contributed by atoms with Gasteiger partial charge in [-0.05, 0) is 0 Å². The summed E-state index contributed by atoms with van der Waals surface area (Å²) in [5.74, 6) is 1.01. The molecule has 1 atom stereocenters. The van der Waals surface area contributed by atoms with Gasteiger partial charge in [0.05, 0.1) is 0 Å². The zero-order valence-corrected chi connectivity index (χ0v) is 17.7. The molecule has 0 rings (SSSR count). The van der Waals surface area contributed by atoms with E-state index in [-0.39, 0.29) is 0 Å². The van der Waals surface area contributed by atoms with Crippen molar-refractivity contribution in [1.82, 2.24) is 0 Å². The number of rotatable bonds is 13. The van der Waals surface area contributed by atoms with E-state index in [0.717, 1.165) is 5.92 Å².